The van der Waals surface area contributed by atoms with E-state index in [1.54, 1.807) is 12.1 Å². The van der Waals surface area contributed by atoms with Crippen molar-refractivity contribution in [3.8, 4) is 5.75 Å². The number of halogens is 2. The third-order valence-electron chi connectivity index (χ3n) is 2.07. The number of hydrogen-bond acceptors (Lipinski definition) is 2. The van der Waals surface area contributed by atoms with Crippen molar-refractivity contribution in [2.45, 2.75) is 12.5 Å². The number of hydrogen-bond donors (Lipinski definition) is 1. The Kier molecular flexibility index (Phi) is 2.37. The van der Waals surface area contributed by atoms with Crippen LogP contribution < -0.4 is 4.74 Å². The molecule has 2 rings (SSSR count). The van der Waals surface area contributed by atoms with Crippen molar-refractivity contribution in [2.24, 2.45) is 0 Å². The van der Waals surface area contributed by atoms with E-state index in [0.717, 1.165) is 0 Å². The smallest absolute Gasteiger partial charge is 0.145 e. The highest BCUT2D eigenvalue weighted by Crippen LogP contribution is 2.41. The van der Waals surface area contributed by atoms with Gasteiger partial charge in [0.05, 0.1) is 22.8 Å². The van der Waals surface area contributed by atoms with Crippen LogP contribution in [-0.4, -0.2) is 11.7 Å². The average Bonchev–Trinajstić information content (AvgIpc) is 2.12. The van der Waals surface area contributed by atoms with Gasteiger partial charge < -0.3 is 9.84 Å². The molecule has 1 N–H and O–H groups in total. The van der Waals surface area contributed by atoms with Crippen molar-refractivity contribution >= 4 is 23.2 Å². The van der Waals surface area contributed by atoms with Crippen molar-refractivity contribution in [1.82, 2.24) is 0 Å². The molecule has 1 atom stereocenters. The minimum atomic E-state index is -0.560. The average molecular weight is 219 g/mol. The number of aliphatic hydroxyl groups is 1. The molecule has 2 nitrogen and oxygen atoms in total. The van der Waals surface area contributed by atoms with Gasteiger partial charge in [0.25, 0.3) is 0 Å². The van der Waals surface area contributed by atoms with Crippen molar-refractivity contribution < 1.29 is 9.84 Å². The molecule has 1 aromatic carbocycles. The molecule has 0 saturated heterocycles. The Balaban J connectivity index is 2.60. The third kappa shape index (κ3) is 1.50. The number of rotatable bonds is 0. The van der Waals surface area contributed by atoms with Crippen LogP contribution in [0.15, 0.2) is 12.1 Å². The van der Waals surface area contributed by atoms with Gasteiger partial charge >= 0.3 is 0 Å². The Morgan fingerprint density at radius 3 is 2.69 bits per heavy atom. The molecule has 4 heteroatoms. The van der Waals surface area contributed by atoms with Gasteiger partial charge in [-0.15, -0.1) is 0 Å². The maximum absolute atomic E-state index is 9.64. The summed E-state index contributed by atoms with van der Waals surface area (Å²) in [5.74, 6) is 0.521. The van der Waals surface area contributed by atoms with E-state index in [1.807, 2.05) is 0 Å². The summed E-state index contributed by atoms with van der Waals surface area (Å²) < 4.78 is 5.33. The second-order valence-corrected chi connectivity index (χ2v) is 3.74. The fourth-order valence-electron chi connectivity index (χ4n) is 1.42. The molecule has 0 fully saturated rings. The second-order valence-electron chi connectivity index (χ2n) is 2.92. The SMILES string of the molecule is O[C@@H]1CCOc2c(Cl)ccc(Cl)c21. The van der Waals surface area contributed by atoms with Gasteiger partial charge in [0.15, 0.2) is 0 Å². The van der Waals surface area contributed by atoms with Gasteiger partial charge in [-0.3, -0.25) is 0 Å². The topological polar surface area (TPSA) is 29.5 Å². The lowest BCUT2D eigenvalue weighted by atomic mass is 10.0. The Morgan fingerprint density at radius 1 is 1.31 bits per heavy atom. The molecule has 0 amide bonds. The van der Waals surface area contributed by atoms with Crippen LogP contribution in [0.3, 0.4) is 0 Å². The highest BCUT2D eigenvalue weighted by molar-refractivity contribution is 6.35. The molecule has 0 saturated carbocycles. The van der Waals surface area contributed by atoms with E-state index in [0.29, 0.717) is 34.4 Å². The zero-order chi connectivity index (χ0) is 9.42. The lowest BCUT2D eigenvalue weighted by molar-refractivity contribution is 0.115. The van der Waals surface area contributed by atoms with E-state index in [-0.39, 0.29) is 0 Å². The first-order valence-electron chi connectivity index (χ1n) is 3.99. The van der Waals surface area contributed by atoms with Crippen LogP contribution in [0.2, 0.25) is 10.0 Å². The van der Waals surface area contributed by atoms with Gasteiger partial charge in [0.1, 0.15) is 5.75 Å². The van der Waals surface area contributed by atoms with Crippen molar-refractivity contribution in [3.05, 3.63) is 27.7 Å². The van der Waals surface area contributed by atoms with E-state index in [4.69, 9.17) is 27.9 Å². The van der Waals surface area contributed by atoms with Crippen LogP contribution in [0, 0.1) is 0 Å². The normalized spacial score (nSPS) is 20.7. The number of ether oxygens (including phenoxy) is 1. The fourth-order valence-corrected chi connectivity index (χ4v) is 1.92. The van der Waals surface area contributed by atoms with Gasteiger partial charge in [-0.25, -0.2) is 0 Å². The Hall–Kier alpha value is -0.440. The maximum atomic E-state index is 9.64. The molecule has 1 aromatic rings. The van der Waals surface area contributed by atoms with Crippen LogP contribution in [0.25, 0.3) is 0 Å². The summed E-state index contributed by atoms with van der Waals surface area (Å²) in [6, 6.07) is 3.33. The molecule has 0 radical (unpaired) electrons. The van der Waals surface area contributed by atoms with Gasteiger partial charge in [-0.1, -0.05) is 23.2 Å². The summed E-state index contributed by atoms with van der Waals surface area (Å²) in [5.41, 5.74) is 0.611. The summed E-state index contributed by atoms with van der Waals surface area (Å²) in [6.45, 7) is 0.480. The largest absolute Gasteiger partial charge is 0.491 e. The molecule has 0 bridgehead atoms. The van der Waals surface area contributed by atoms with Gasteiger partial charge in [0.2, 0.25) is 0 Å². The summed E-state index contributed by atoms with van der Waals surface area (Å²) in [5, 5.41) is 10.6. The maximum Gasteiger partial charge on any atom is 0.145 e. The first-order chi connectivity index (χ1) is 6.20. The van der Waals surface area contributed by atoms with Crippen molar-refractivity contribution in [1.29, 1.82) is 0 Å². The monoisotopic (exact) mass is 218 g/mol. The molecule has 1 heterocycles. The van der Waals surface area contributed by atoms with Gasteiger partial charge in [-0.05, 0) is 12.1 Å². The first kappa shape index (κ1) is 9.13. The predicted molar refractivity (Wildman–Crippen MR) is 51.5 cm³/mol. The minimum Gasteiger partial charge on any atom is -0.491 e. The van der Waals surface area contributed by atoms with Crippen LogP contribution in [0.5, 0.6) is 5.75 Å². The summed E-state index contributed by atoms with van der Waals surface area (Å²) >= 11 is 11.8. The lowest BCUT2D eigenvalue weighted by Crippen LogP contribution is -2.14. The quantitative estimate of drug-likeness (QED) is 0.726. The summed E-state index contributed by atoms with van der Waals surface area (Å²) in [6.07, 6.45) is 0.00233. The Labute approximate surface area is 86.0 Å². The van der Waals surface area contributed by atoms with Crippen LogP contribution >= 0.6 is 23.2 Å². The van der Waals surface area contributed by atoms with Crippen LogP contribution in [-0.2, 0) is 0 Å². The molecule has 0 spiro atoms. The molecule has 1 aliphatic rings. The molecular weight excluding hydrogens is 211 g/mol. The summed E-state index contributed by atoms with van der Waals surface area (Å²) in [4.78, 5) is 0. The molecule has 1 aliphatic heterocycles. The fraction of sp³-hybridized carbons (Fsp3) is 0.333. The molecule has 0 aliphatic carbocycles. The number of aliphatic hydroxyl groups excluding tert-OH is 1. The molecule has 70 valence electrons. The molecule has 13 heavy (non-hydrogen) atoms. The van der Waals surface area contributed by atoms with E-state index >= 15 is 0 Å². The standard InChI is InChI=1S/C9H8Cl2O2/c10-5-1-2-6(11)9-8(5)7(12)3-4-13-9/h1-2,7,12H,3-4H2/t7-/m1/s1. The van der Waals surface area contributed by atoms with Crippen molar-refractivity contribution in [2.75, 3.05) is 6.61 Å². The van der Waals surface area contributed by atoms with Gasteiger partial charge in [-0.2, -0.15) is 0 Å². The first-order valence-corrected chi connectivity index (χ1v) is 4.74. The van der Waals surface area contributed by atoms with E-state index in [1.165, 1.54) is 0 Å². The second kappa shape index (κ2) is 3.37. The molecule has 0 aromatic heterocycles. The lowest BCUT2D eigenvalue weighted by Gasteiger charge is -2.23. The Bertz CT molecular complexity index is 339. The number of benzene rings is 1. The molecule has 0 unspecified atom stereocenters. The highest BCUT2D eigenvalue weighted by Gasteiger charge is 2.24. The molecular formula is C9H8Cl2O2. The minimum absolute atomic E-state index is 0.480. The zero-order valence-corrected chi connectivity index (χ0v) is 8.27. The van der Waals surface area contributed by atoms with Gasteiger partial charge in [0, 0.05) is 12.0 Å². The van der Waals surface area contributed by atoms with Crippen LogP contribution in [0.1, 0.15) is 18.1 Å². The Morgan fingerprint density at radius 2 is 2.00 bits per heavy atom. The van der Waals surface area contributed by atoms with E-state index in [2.05, 4.69) is 0 Å². The number of fused-ring (bicyclic) bond motifs is 1. The summed E-state index contributed by atoms with van der Waals surface area (Å²) in [7, 11) is 0. The third-order valence-corrected chi connectivity index (χ3v) is 2.69. The highest BCUT2D eigenvalue weighted by atomic mass is 35.5. The predicted octanol–water partition coefficient (Wildman–Crippen LogP) is 2.81. The van der Waals surface area contributed by atoms with Crippen molar-refractivity contribution in [3.63, 3.8) is 0 Å². The van der Waals surface area contributed by atoms with E-state index < -0.39 is 6.10 Å². The van der Waals surface area contributed by atoms with E-state index in [9.17, 15) is 5.11 Å². The van der Waals surface area contributed by atoms with Crippen LogP contribution in [0.4, 0.5) is 0 Å². The zero-order valence-electron chi connectivity index (χ0n) is 6.76.